The van der Waals surface area contributed by atoms with Gasteiger partial charge in [-0.3, -0.25) is 4.79 Å². The first-order chi connectivity index (χ1) is 12.3. The molecule has 1 fully saturated rings. The number of nitrogens with one attached hydrogen (secondary N) is 1. The zero-order valence-electron chi connectivity index (χ0n) is 14.0. The van der Waals surface area contributed by atoms with Gasteiger partial charge in [-0.15, -0.1) is 0 Å². The molecule has 1 aliphatic heterocycles. The fraction of sp³-hybridized carbons (Fsp3) is 0.286. The summed E-state index contributed by atoms with van der Waals surface area (Å²) < 4.78 is 5.45. The molecule has 0 saturated carbocycles. The Bertz CT molecular complexity index is 1020. The van der Waals surface area contributed by atoms with E-state index in [2.05, 4.69) is 28.1 Å². The highest BCUT2D eigenvalue weighted by molar-refractivity contribution is 5.85. The number of hydrogen-bond donors (Lipinski definition) is 1. The molecule has 0 unspecified atom stereocenters. The number of fused-ring (bicyclic) bond motifs is 4. The fourth-order valence-electron chi connectivity index (χ4n) is 4.05. The molecule has 0 bridgehead atoms. The normalized spacial score (nSPS) is 16.6. The van der Waals surface area contributed by atoms with Crippen molar-refractivity contribution in [2.45, 2.75) is 12.8 Å². The molecule has 4 nitrogen and oxygen atoms in total. The largest absolute Gasteiger partial charge is 0.378 e. The summed E-state index contributed by atoms with van der Waals surface area (Å²) in [7, 11) is 0. The number of aromatic amines is 1. The van der Waals surface area contributed by atoms with Gasteiger partial charge in [-0.05, 0) is 42.7 Å². The smallest absolute Gasteiger partial charge is 0.193 e. The van der Waals surface area contributed by atoms with Crippen molar-refractivity contribution < 1.29 is 4.74 Å². The number of para-hydroxylation sites is 1. The van der Waals surface area contributed by atoms with Crippen molar-refractivity contribution in [3.8, 4) is 11.3 Å². The molecular formula is C21H20N2O2. The van der Waals surface area contributed by atoms with Crippen LogP contribution in [-0.4, -0.2) is 31.3 Å². The minimum Gasteiger partial charge on any atom is -0.378 e. The lowest BCUT2D eigenvalue weighted by Gasteiger charge is -2.30. The monoisotopic (exact) mass is 332 g/mol. The Morgan fingerprint density at radius 1 is 1.00 bits per heavy atom. The molecule has 2 heterocycles. The van der Waals surface area contributed by atoms with Crippen LogP contribution in [0.5, 0.6) is 0 Å². The average molecular weight is 332 g/mol. The maximum atomic E-state index is 12.9. The summed E-state index contributed by atoms with van der Waals surface area (Å²) in [5.41, 5.74) is 6.75. The highest BCUT2D eigenvalue weighted by Gasteiger charge is 2.22. The number of aryl methyl sites for hydroxylation is 1. The predicted octanol–water partition coefficient (Wildman–Crippen LogP) is 3.13. The fourth-order valence-corrected chi connectivity index (χ4v) is 4.05. The molecule has 0 spiro atoms. The van der Waals surface area contributed by atoms with Gasteiger partial charge < -0.3 is 14.6 Å². The Morgan fingerprint density at radius 2 is 1.84 bits per heavy atom. The van der Waals surface area contributed by atoms with Gasteiger partial charge in [0.05, 0.1) is 18.9 Å². The molecule has 126 valence electrons. The molecule has 3 aromatic rings. The van der Waals surface area contributed by atoms with Crippen LogP contribution < -0.4 is 10.3 Å². The van der Waals surface area contributed by atoms with Crippen LogP contribution in [0.2, 0.25) is 0 Å². The van der Waals surface area contributed by atoms with Crippen LogP contribution in [0, 0.1) is 0 Å². The van der Waals surface area contributed by atoms with Crippen LogP contribution in [0.1, 0.15) is 11.1 Å². The number of rotatable bonds is 1. The van der Waals surface area contributed by atoms with Gasteiger partial charge in [0.15, 0.2) is 5.43 Å². The van der Waals surface area contributed by atoms with Crippen molar-refractivity contribution in [3.05, 3.63) is 63.8 Å². The second kappa shape index (κ2) is 5.74. The van der Waals surface area contributed by atoms with Crippen LogP contribution in [0.4, 0.5) is 5.69 Å². The number of nitrogens with zero attached hydrogens (tertiary/aromatic N) is 1. The van der Waals surface area contributed by atoms with E-state index in [1.807, 2.05) is 24.3 Å². The molecule has 4 heteroatoms. The molecule has 1 aromatic heterocycles. The van der Waals surface area contributed by atoms with E-state index >= 15 is 0 Å². The van der Waals surface area contributed by atoms with E-state index in [9.17, 15) is 4.79 Å². The molecule has 5 rings (SSSR count). The van der Waals surface area contributed by atoms with Crippen molar-refractivity contribution in [3.63, 3.8) is 0 Å². The molecule has 0 radical (unpaired) electrons. The summed E-state index contributed by atoms with van der Waals surface area (Å²) in [5.74, 6) is 0. The molecule has 0 atom stereocenters. The van der Waals surface area contributed by atoms with Gasteiger partial charge in [-0.25, -0.2) is 0 Å². The van der Waals surface area contributed by atoms with E-state index in [0.717, 1.165) is 61.3 Å². The maximum absolute atomic E-state index is 12.9. The first-order valence-corrected chi connectivity index (χ1v) is 8.91. The molecule has 1 saturated heterocycles. The quantitative estimate of drug-likeness (QED) is 0.745. The van der Waals surface area contributed by atoms with Crippen LogP contribution >= 0.6 is 0 Å². The van der Waals surface area contributed by atoms with Gasteiger partial charge >= 0.3 is 0 Å². The van der Waals surface area contributed by atoms with Crippen LogP contribution in [0.25, 0.3) is 22.2 Å². The number of anilines is 1. The van der Waals surface area contributed by atoms with E-state index in [4.69, 9.17) is 4.74 Å². The Morgan fingerprint density at radius 3 is 2.72 bits per heavy atom. The molecule has 2 aromatic carbocycles. The predicted molar refractivity (Wildman–Crippen MR) is 100 cm³/mol. The van der Waals surface area contributed by atoms with Crippen LogP contribution in [0.15, 0.2) is 47.3 Å². The zero-order chi connectivity index (χ0) is 16.8. The number of ether oxygens (including phenoxy) is 1. The highest BCUT2D eigenvalue weighted by atomic mass is 16.5. The number of benzene rings is 2. The van der Waals surface area contributed by atoms with E-state index in [-0.39, 0.29) is 5.43 Å². The van der Waals surface area contributed by atoms with Crippen LogP contribution in [-0.2, 0) is 17.6 Å². The third kappa shape index (κ3) is 2.36. The third-order valence-electron chi connectivity index (χ3n) is 5.39. The summed E-state index contributed by atoms with van der Waals surface area (Å²) in [6, 6.07) is 14.4. The summed E-state index contributed by atoms with van der Waals surface area (Å²) in [6.45, 7) is 3.46. The van der Waals surface area contributed by atoms with Crippen molar-refractivity contribution >= 4 is 16.6 Å². The van der Waals surface area contributed by atoms with Crippen molar-refractivity contribution in [1.82, 2.24) is 4.98 Å². The molecule has 1 N–H and O–H groups in total. The van der Waals surface area contributed by atoms with E-state index in [1.54, 1.807) is 0 Å². The number of morpholine rings is 1. The molecule has 25 heavy (non-hydrogen) atoms. The Hall–Kier alpha value is -2.59. The van der Waals surface area contributed by atoms with Gasteiger partial charge in [0.1, 0.15) is 0 Å². The number of hydrogen-bond acceptors (Lipinski definition) is 3. The van der Waals surface area contributed by atoms with E-state index in [0.29, 0.717) is 0 Å². The summed E-state index contributed by atoms with van der Waals surface area (Å²) in [4.78, 5) is 18.7. The lowest BCUT2D eigenvalue weighted by molar-refractivity contribution is 0.122. The van der Waals surface area contributed by atoms with Gasteiger partial charge in [0.25, 0.3) is 0 Å². The summed E-state index contributed by atoms with van der Waals surface area (Å²) in [5, 5.41) is 0.787. The second-order valence-electron chi connectivity index (χ2n) is 6.79. The van der Waals surface area contributed by atoms with E-state index < -0.39 is 0 Å². The highest BCUT2D eigenvalue weighted by Crippen LogP contribution is 2.34. The van der Waals surface area contributed by atoms with Gasteiger partial charge in [0.2, 0.25) is 0 Å². The van der Waals surface area contributed by atoms with E-state index in [1.165, 1.54) is 16.8 Å². The Kier molecular flexibility index (Phi) is 3.38. The molecule has 1 aliphatic carbocycles. The first-order valence-electron chi connectivity index (χ1n) is 8.91. The molecular weight excluding hydrogens is 312 g/mol. The standard InChI is InChI=1S/C21H20N2O2/c24-21-17-3-1-2-4-19(17)22-20-16-8-6-15(23-9-11-25-12-10-23)13-14(16)5-7-18(20)21/h1-4,6,8,13H,5,7,9-12H2,(H,22,24). The van der Waals surface area contributed by atoms with Crippen molar-refractivity contribution in [2.75, 3.05) is 31.2 Å². The maximum Gasteiger partial charge on any atom is 0.193 e. The van der Waals surface area contributed by atoms with Gasteiger partial charge in [-0.1, -0.05) is 18.2 Å². The van der Waals surface area contributed by atoms with Crippen LogP contribution in [0.3, 0.4) is 0 Å². The minimum absolute atomic E-state index is 0.173. The number of H-pyrrole nitrogens is 1. The van der Waals surface area contributed by atoms with Crippen molar-refractivity contribution in [1.29, 1.82) is 0 Å². The topological polar surface area (TPSA) is 45.3 Å². The Balaban J connectivity index is 1.64. The first kappa shape index (κ1) is 14.7. The minimum atomic E-state index is 0.173. The summed E-state index contributed by atoms with van der Waals surface area (Å²) >= 11 is 0. The average Bonchev–Trinajstić information content (AvgIpc) is 2.68. The van der Waals surface area contributed by atoms with Gasteiger partial charge in [-0.2, -0.15) is 0 Å². The van der Waals surface area contributed by atoms with Gasteiger partial charge in [0, 0.05) is 40.8 Å². The molecule has 2 aliphatic rings. The zero-order valence-corrected chi connectivity index (χ0v) is 14.0. The van der Waals surface area contributed by atoms with Crippen molar-refractivity contribution in [2.24, 2.45) is 0 Å². The number of aromatic nitrogens is 1. The lowest BCUT2D eigenvalue weighted by Crippen LogP contribution is -2.36. The number of pyridine rings is 1. The Labute approximate surface area is 146 Å². The second-order valence-corrected chi connectivity index (χ2v) is 6.79. The third-order valence-corrected chi connectivity index (χ3v) is 5.39. The lowest BCUT2D eigenvalue weighted by atomic mass is 9.87. The SMILES string of the molecule is O=c1c2c([nH]c3ccccc13)-c1ccc(N3CCOCC3)cc1CC2. The summed E-state index contributed by atoms with van der Waals surface area (Å²) in [6.07, 6.45) is 1.72. The molecule has 0 amide bonds.